The predicted octanol–water partition coefficient (Wildman–Crippen LogP) is 7.03. The summed E-state index contributed by atoms with van der Waals surface area (Å²) >= 11 is 15.4. The van der Waals surface area contributed by atoms with Crippen LogP contribution in [0.3, 0.4) is 0 Å². The Morgan fingerprint density at radius 1 is 0.871 bits per heavy atom. The number of aromatic hydroxyl groups is 1. The van der Waals surface area contributed by atoms with E-state index in [0.29, 0.717) is 16.5 Å². The first-order chi connectivity index (χ1) is 15.0. The number of halogens is 3. The molecule has 1 aromatic heterocycles. The van der Waals surface area contributed by atoms with Crippen LogP contribution in [-0.4, -0.2) is 21.3 Å². The molecule has 0 saturated carbocycles. The molecular formula is C23H15BrCl2N4O. The largest absolute Gasteiger partial charge is 0.506 e. The van der Waals surface area contributed by atoms with E-state index in [4.69, 9.17) is 23.2 Å². The summed E-state index contributed by atoms with van der Waals surface area (Å²) in [4.78, 5) is 9.16. The molecule has 0 atom stereocenters. The number of phenolic OH excluding ortho intramolecular Hbond substituents is 1. The number of nitrogens with one attached hydrogen (secondary N) is 1. The fourth-order valence-electron chi connectivity index (χ4n) is 2.87. The third-order valence-corrected chi connectivity index (χ3v) is 5.40. The number of benzene rings is 3. The van der Waals surface area contributed by atoms with Gasteiger partial charge in [-0.15, -0.1) is 0 Å². The SMILES string of the molecule is Oc1c(Cl)cc(Cl)cc1C=NNc1nc(-c2ccccc2)cc(-c2ccc(Br)cc2)n1. The standard InChI is InChI=1S/C23H15BrCl2N4O/c24-17-8-6-15(7-9-17)21-12-20(14-4-2-1-3-5-14)28-23(29-21)30-27-13-16-10-18(25)11-19(26)22(16)31/h1-13,31H,(H,28,29,30). The Morgan fingerprint density at radius 2 is 1.52 bits per heavy atom. The van der Waals surface area contributed by atoms with E-state index in [1.807, 2.05) is 60.7 Å². The van der Waals surface area contributed by atoms with Crippen molar-refractivity contribution in [2.45, 2.75) is 0 Å². The fourth-order valence-corrected chi connectivity index (χ4v) is 3.64. The monoisotopic (exact) mass is 512 g/mol. The number of phenols is 1. The van der Waals surface area contributed by atoms with Gasteiger partial charge in [0.1, 0.15) is 5.75 Å². The van der Waals surface area contributed by atoms with Crippen molar-refractivity contribution in [3.05, 3.63) is 92.9 Å². The van der Waals surface area contributed by atoms with E-state index in [2.05, 4.69) is 36.4 Å². The molecule has 0 spiro atoms. The number of hydrogen-bond acceptors (Lipinski definition) is 5. The number of hydrogen-bond donors (Lipinski definition) is 2. The molecule has 0 fully saturated rings. The summed E-state index contributed by atoms with van der Waals surface area (Å²) < 4.78 is 0.983. The maximum absolute atomic E-state index is 10.1. The summed E-state index contributed by atoms with van der Waals surface area (Å²) in [6.07, 6.45) is 1.41. The minimum atomic E-state index is -0.105. The van der Waals surface area contributed by atoms with Crippen LogP contribution in [0.25, 0.3) is 22.5 Å². The first kappa shape index (κ1) is 21.3. The zero-order valence-electron chi connectivity index (χ0n) is 15.9. The molecular weight excluding hydrogens is 499 g/mol. The van der Waals surface area contributed by atoms with E-state index in [1.54, 1.807) is 6.07 Å². The minimum Gasteiger partial charge on any atom is -0.506 e. The van der Waals surface area contributed by atoms with Crippen molar-refractivity contribution in [2.75, 3.05) is 5.43 Å². The summed E-state index contributed by atoms with van der Waals surface area (Å²) in [6, 6.07) is 22.6. The molecule has 0 unspecified atom stereocenters. The summed E-state index contributed by atoms with van der Waals surface area (Å²) in [5, 5.41) is 14.8. The van der Waals surface area contributed by atoms with E-state index in [0.717, 1.165) is 27.0 Å². The molecule has 0 amide bonds. The highest BCUT2D eigenvalue weighted by molar-refractivity contribution is 9.10. The molecule has 5 nitrogen and oxygen atoms in total. The van der Waals surface area contributed by atoms with Gasteiger partial charge in [0.05, 0.1) is 22.6 Å². The zero-order chi connectivity index (χ0) is 21.8. The predicted molar refractivity (Wildman–Crippen MR) is 130 cm³/mol. The number of rotatable bonds is 5. The van der Waals surface area contributed by atoms with Crippen LogP contribution in [0, 0.1) is 0 Å². The van der Waals surface area contributed by atoms with Crippen molar-refractivity contribution in [1.82, 2.24) is 9.97 Å². The molecule has 0 saturated heterocycles. The average molecular weight is 514 g/mol. The smallest absolute Gasteiger partial charge is 0.244 e. The molecule has 0 radical (unpaired) electrons. The number of aromatic nitrogens is 2. The van der Waals surface area contributed by atoms with Crippen molar-refractivity contribution in [1.29, 1.82) is 0 Å². The third kappa shape index (κ3) is 5.22. The molecule has 4 rings (SSSR count). The summed E-state index contributed by atoms with van der Waals surface area (Å²) in [6.45, 7) is 0. The molecule has 1 heterocycles. The van der Waals surface area contributed by atoms with Gasteiger partial charge < -0.3 is 5.11 Å². The van der Waals surface area contributed by atoms with Gasteiger partial charge in [0, 0.05) is 26.2 Å². The van der Waals surface area contributed by atoms with Gasteiger partial charge in [0.2, 0.25) is 5.95 Å². The van der Waals surface area contributed by atoms with E-state index in [1.165, 1.54) is 12.3 Å². The van der Waals surface area contributed by atoms with Crippen LogP contribution >= 0.6 is 39.1 Å². The van der Waals surface area contributed by atoms with E-state index >= 15 is 0 Å². The highest BCUT2D eigenvalue weighted by Crippen LogP contribution is 2.30. The van der Waals surface area contributed by atoms with Gasteiger partial charge in [-0.3, -0.25) is 0 Å². The van der Waals surface area contributed by atoms with Gasteiger partial charge in [-0.25, -0.2) is 15.4 Å². The quantitative estimate of drug-likeness (QED) is 0.222. The van der Waals surface area contributed by atoms with Gasteiger partial charge in [0.15, 0.2) is 0 Å². The lowest BCUT2D eigenvalue weighted by Crippen LogP contribution is -2.00. The lowest BCUT2D eigenvalue weighted by molar-refractivity contribution is 0.475. The molecule has 3 aromatic carbocycles. The lowest BCUT2D eigenvalue weighted by Gasteiger charge is -2.09. The first-order valence-electron chi connectivity index (χ1n) is 9.17. The maximum atomic E-state index is 10.1. The van der Waals surface area contributed by atoms with Gasteiger partial charge in [-0.1, -0.05) is 81.6 Å². The second-order valence-corrected chi connectivity index (χ2v) is 8.29. The average Bonchev–Trinajstić information content (AvgIpc) is 2.78. The molecule has 4 aromatic rings. The van der Waals surface area contributed by atoms with E-state index in [-0.39, 0.29) is 10.8 Å². The Bertz CT molecular complexity index is 1250. The highest BCUT2D eigenvalue weighted by atomic mass is 79.9. The van der Waals surface area contributed by atoms with E-state index in [9.17, 15) is 5.11 Å². The second-order valence-electron chi connectivity index (χ2n) is 6.53. The Hall–Kier alpha value is -2.93. The Kier molecular flexibility index (Phi) is 6.51. The van der Waals surface area contributed by atoms with Crippen molar-refractivity contribution >= 4 is 51.3 Å². The number of hydrazone groups is 1. The Labute approximate surface area is 197 Å². The Balaban J connectivity index is 1.70. The van der Waals surface area contributed by atoms with Crippen molar-refractivity contribution in [3.63, 3.8) is 0 Å². The van der Waals surface area contributed by atoms with Crippen molar-refractivity contribution < 1.29 is 5.11 Å². The summed E-state index contributed by atoms with van der Waals surface area (Å²) in [5.41, 5.74) is 6.59. The first-order valence-corrected chi connectivity index (χ1v) is 10.7. The fraction of sp³-hybridized carbons (Fsp3) is 0. The third-order valence-electron chi connectivity index (χ3n) is 4.36. The van der Waals surface area contributed by atoms with Gasteiger partial charge in [-0.2, -0.15) is 5.10 Å². The zero-order valence-corrected chi connectivity index (χ0v) is 19.0. The Morgan fingerprint density at radius 3 is 2.19 bits per heavy atom. The highest BCUT2D eigenvalue weighted by Gasteiger charge is 2.09. The van der Waals surface area contributed by atoms with Gasteiger partial charge >= 0.3 is 0 Å². The van der Waals surface area contributed by atoms with Gasteiger partial charge in [-0.05, 0) is 30.3 Å². The van der Waals surface area contributed by atoms with Crippen LogP contribution in [-0.2, 0) is 0 Å². The molecule has 0 bridgehead atoms. The summed E-state index contributed by atoms with van der Waals surface area (Å²) in [7, 11) is 0. The lowest BCUT2D eigenvalue weighted by atomic mass is 10.1. The minimum absolute atomic E-state index is 0.105. The van der Waals surface area contributed by atoms with Crippen LogP contribution in [0.1, 0.15) is 5.56 Å². The molecule has 154 valence electrons. The van der Waals surface area contributed by atoms with Crippen LogP contribution in [0.2, 0.25) is 10.0 Å². The normalized spacial score (nSPS) is 11.1. The molecule has 0 aliphatic rings. The second kappa shape index (κ2) is 9.47. The topological polar surface area (TPSA) is 70.4 Å². The van der Waals surface area contributed by atoms with Crippen LogP contribution in [0.5, 0.6) is 5.75 Å². The van der Waals surface area contributed by atoms with E-state index < -0.39 is 0 Å². The molecule has 31 heavy (non-hydrogen) atoms. The molecule has 0 aliphatic heterocycles. The van der Waals surface area contributed by atoms with Gasteiger partial charge in [0.25, 0.3) is 0 Å². The van der Waals surface area contributed by atoms with Crippen molar-refractivity contribution in [2.24, 2.45) is 5.10 Å². The summed E-state index contributed by atoms with van der Waals surface area (Å²) in [5.74, 6) is 0.203. The number of anilines is 1. The number of nitrogens with zero attached hydrogens (tertiary/aromatic N) is 3. The molecule has 2 N–H and O–H groups in total. The van der Waals surface area contributed by atoms with Crippen LogP contribution in [0.4, 0.5) is 5.95 Å². The van der Waals surface area contributed by atoms with Crippen LogP contribution in [0.15, 0.2) is 82.4 Å². The maximum Gasteiger partial charge on any atom is 0.244 e. The van der Waals surface area contributed by atoms with Crippen molar-refractivity contribution in [3.8, 4) is 28.3 Å². The molecule has 8 heteroatoms. The molecule has 0 aliphatic carbocycles. The van der Waals surface area contributed by atoms with Crippen LogP contribution < -0.4 is 5.43 Å².